The van der Waals surface area contributed by atoms with E-state index in [4.69, 9.17) is 16.6 Å². The topological polar surface area (TPSA) is 27.3 Å². The van der Waals surface area contributed by atoms with Crippen LogP contribution in [0.15, 0.2) is 47.1 Å². The number of pyridine rings is 1. The Morgan fingerprint density at radius 2 is 1.80 bits per heavy atom. The predicted octanol–water partition coefficient (Wildman–Crippen LogP) is 3.13. The second-order valence-electron chi connectivity index (χ2n) is 3.35. The minimum absolute atomic E-state index is 0.793. The van der Waals surface area contributed by atoms with Crippen LogP contribution in [0.4, 0.5) is 0 Å². The molecule has 0 spiro atoms. The van der Waals surface area contributed by atoms with E-state index in [1.807, 2.05) is 42.7 Å². The molecule has 0 aliphatic rings. The van der Waals surface area contributed by atoms with Gasteiger partial charge in [0.2, 0.25) is 6.20 Å². The summed E-state index contributed by atoms with van der Waals surface area (Å²) in [6.07, 6.45) is 3.67. The van der Waals surface area contributed by atoms with E-state index < -0.39 is 0 Å². The maximum absolute atomic E-state index is 5.73. The van der Waals surface area contributed by atoms with Gasteiger partial charge in [0.1, 0.15) is 5.58 Å². The Balaban J connectivity index is 2.66. The lowest BCUT2D eigenvalue weighted by atomic mass is 10.2. The highest BCUT2D eigenvalue weighted by Crippen LogP contribution is 2.23. The molecule has 3 rings (SSSR count). The molecule has 72 valence electrons. The molecule has 0 bridgehead atoms. The smallest absolute Gasteiger partial charge is 0.210 e. The number of hydrogen-bond donors (Lipinski definition) is 0. The lowest BCUT2D eigenvalue weighted by Gasteiger charge is -1.99. The fourth-order valence-corrected chi connectivity index (χ4v) is 2.03. The summed E-state index contributed by atoms with van der Waals surface area (Å²) < 4.78 is 6.58. The van der Waals surface area contributed by atoms with E-state index in [0.717, 1.165) is 26.4 Å². The third kappa shape index (κ3) is 1.24. The fourth-order valence-electron chi connectivity index (χ4n) is 1.69. The first-order chi connectivity index (χ1) is 7.36. The number of fused-ring (bicyclic) bond motifs is 2. The van der Waals surface area contributed by atoms with Gasteiger partial charge in [0.05, 0.1) is 4.51 Å². The number of aromatic nitrogens is 1. The number of aromatic amines is 1. The first-order valence-electron chi connectivity index (χ1n) is 4.68. The zero-order chi connectivity index (χ0) is 10.3. The molecule has 0 unspecified atom stereocenters. The van der Waals surface area contributed by atoms with Crippen molar-refractivity contribution in [3.63, 3.8) is 0 Å². The zero-order valence-electron chi connectivity index (χ0n) is 7.86. The van der Waals surface area contributed by atoms with Crippen LogP contribution in [-0.4, -0.2) is 0 Å². The summed E-state index contributed by atoms with van der Waals surface area (Å²) in [6, 6.07) is 9.76. The molecule has 0 aliphatic heterocycles. The van der Waals surface area contributed by atoms with Crippen molar-refractivity contribution in [2.45, 2.75) is 0 Å². The van der Waals surface area contributed by atoms with Crippen molar-refractivity contribution in [1.29, 1.82) is 0 Å². The first kappa shape index (κ1) is 8.56. The van der Waals surface area contributed by atoms with Crippen molar-refractivity contribution in [1.82, 2.24) is 0 Å². The van der Waals surface area contributed by atoms with Crippen molar-refractivity contribution < 1.29 is 9.40 Å². The standard InChI is InChI=1S/C12H7NOS/c15-12-8-3-1-2-4-10(8)14-11-7-13-6-5-9(11)12/h1-7H/p+1. The molecule has 3 aromatic rings. The van der Waals surface area contributed by atoms with Gasteiger partial charge in [-0.1, -0.05) is 24.4 Å². The predicted molar refractivity (Wildman–Crippen MR) is 61.1 cm³/mol. The molecule has 0 saturated carbocycles. The quantitative estimate of drug-likeness (QED) is 0.424. The van der Waals surface area contributed by atoms with E-state index in [1.54, 1.807) is 0 Å². The van der Waals surface area contributed by atoms with Crippen LogP contribution in [-0.2, 0) is 0 Å². The van der Waals surface area contributed by atoms with E-state index in [9.17, 15) is 0 Å². The molecule has 0 aliphatic carbocycles. The molecule has 15 heavy (non-hydrogen) atoms. The maximum atomic E-state index is 5.73. The third-order valence-electron chi connectivity index (χ3n) is 2.42. The highest BCUT2D eigenvalue weighted by molar-refractivity contribution is 7.72. The second kappa shape index (κ2) is 3.14. The number of benzene rings is 1. The first-order valence-corrected chi connectivity index (χ1v) is 5.09. The Hall–Kier alpha value is -1.74. The summed E-state index contributed by atoms with van der Waals surface area (Å²) in [6.45, 7) is 0. The van der Waals surface area contributed by atoms with E-state index in [1.165, 1.54) is 0 Å². The van der Waals surface area contributed by atoms with Gasteiger partial charge in [0, 0.05) is 16.8 Å². The average molecular weight is 214 g/mol. The van der Waals surface area contributed by atoms with Crippen LogP contribution in [0, 0.1) is 4.51 Å². The lowest BCUT2D eigenvalue weighted by Crippen LogP contribution is -1.97. The van der Waals surface area contributed by atoms with Gasteiger partial charge in [0.15, 0.2) is 11.8 Å². The number of rotatable bonds is 0. The van der Waals surface area contributed by atoms with Gasteiger partial charge >= 0.3 is 0 Å². The number of hydrogen-bond acceptors (Lipinski definition) is 2. The summed E-state index contributed by atoms with van der Waals surface area (Å²) in [4.78, 5) is 2.99. The van der Waals surface area contributed by atoms with Crippen LogP contribution in [0.2, 0.25) is 0 Å². The molecule has 3 heteroatoms. The molecular weight excluding hydrogens is 206 g/mol. The summed E-state index contributed by atoms with van der Waals surface area (Å²) in [5.41, 5.74) is 1.62. The van der Waals surface area contributed by atoms with E-state index >= 15 is 0 Å². The van der Waals surface area contributed by atoms with Gasteiger partial charge in [0.25, 0.3) is 0 Å². The Kier molecular flexibility index (Phi) is 1.79. The average Bonchev–Trinajstić information content (AvgIpc) is 2.30. The normalized spacial score (nSPS) is 10.9. The monoisotopic (exact) mass is 214 g/mol. The molecule has 2 heterocycles. The Morgan fingerprint density at radius 1 is 1.00 bits per heavy atom. The van der Waals surface area contributed by atoms with Crippen LogP contribution < -0.4 is 4.98 Å². The van der Waals surface area contributed by atoms with Crippen molar-refractivity contribution >= 4 is 34.2 Å². The highest BCUT2D eigenvalue weighted by Gasteiger charge is 2.04. The number of H-pyrrole nitrogens is 1. The van der Waals surface area contributed by atoms with Crippen molar-refractivity contribution in [2.24, 2.45) is 0 Å². The summed E-state index contributed by atoms with van der Waals surface area (Å²) >= 11 is 5.42. The van der Waals surface area contributed by atoms with E-state index in [0.29, 0.717) is 0 Å². The minimum atomic E-state index is 0.793. The molecule has 1 aromatic carbocycles. The van der Waals surface area contributed by atoms with Crippen molar-refractivity contribution in [3.05, 3.63) is 47.2 Å². The molecule has 1 N–H and O–H groups in total. The van der Waals surface area contributed by atoms with Crippen LogP contribution in [0.3, 0.4) is 0 Å². The molecule has 0 fully saturated rings. The zero-order valence-corrected chi connectivity index (χ0v) is 8.67. The number of para-hydroxylation sites is 1. The second-order valence-corrected chi connectivity index (χ2v) is 3.76. The summed E-state index contributed by atoms with van der Waals surface area (Å²) in [5.74, 6) is 0. The molecule has 0 saturated heterocycles. The van der Waals surface area contributed by atoms with E-state index in [2.05, 4.69) is 4.98 Å². The third-order valence-corrected chi connectivity index (χ3v) is 2.86. The van der Waals surface area contributed by atoms with Crippen LogP contribution in [0.1, 0.15) is 0 Å². The van der Waals surface area contributed by atoms with Crippen LogP contribution >= 0.6 is 12.2 Å². The Morgan fingerprint density at radius 3 is 2.73 bits per heavy atom. The Bertz CT molecular complexity index is 645. The van der Waals surface area contributed by atoms with Crippen molar-refractivity contribution in [3.8, 4) is 0 Å². The molecule has 2 nitrogen and oxygen atoms in total. The summed E-state index contributed by atoms with van der Waals surface area (Å²) in [7, 11) is 0. The van der Waals surface area contributed by atoms with E-state index in [-0.39, 0.29) is 0 Å². The van der Waals surface area contributed by atoms with Crippen LogP contribution in [0.25, 0.3) is 21.9 Å². The molecule has 2 aromatic heterocycles. The van der Waals surface area contributed by atoms with Gasteiger partial charge in [-0.3, -0.25) is 0 Å². The maximum Gasteiger partial charge on any atom is 0.210 e. The highest BCUT2D eigenvalue weighted by atomic mass is 32.1. The molecular formula is C12H8NOS+. The largest absolute Gasteiger partial charge is 0.450 e. The minimum Gasteiger partial charge on any atom is -0.450 e. The lowest BCUT2D eigenvalue weighted by molar-refractivity contribution is -0.376. The van der Waals surface area contributed by atoms with Gasteiger partial charge in [-0.25, -0.2) is 4.98 Å². The molecule has 0 radical (unpaired) electrons. The van der Waals surface area contributed by atoms with Gasteiger partial charge in [-0.05, 0) is 12.1 Å². The number of nitrogens with one attached hydrogen (secondary N) is 1. The van der Waals surface area contributed by atoms with Crippen molar-refractivity contribution in [2.75, 3.05) is 0 Å². The SMILES string of the molecule is S=c1c2ccccc2oc2c[nH+]ccc12. The Labute approximate surface area is 91.2 Å². The van der Waals surface area contributed by atoms with Gasteiger partial charge in [-0.2, -0.15) is 0 Å². The summed E-state index contributed by atoms with van der Waals surface area (Å²) in [5, 5.41) is 1.97. The molecule has 0 atom stereocenters. The fraction of sp³-hybridized carbons (Fsp3) is 0. The van der Waals surface area contributed by atoms with Gasteiger partial charge < -0.3 is 4.42 Å². The molecule has 0 amide bonds. The van der Waals surface area contributed by atoms with Crippen LogP contribution in [0.5, 0.6) is 0 Å². The van der Waals surface area contributed by atoms with Gasteiger partial charge in [-0.15, -0.1) is 0 Å².